The Hall–Kier alpha value is -1.37. The molecule has 0 aliphatic rings. The fourth-order valence-corrected chi connectivity index (χ4v) is 1.41. The van der Waals surface area contributed by atoms with Gasteiger partial charge in [0, 0.05) is 26.0 Å². The third-order valence-electron chi connectivity index (χ3n) is 2.14. The predicted octanol–water partition coefficient (Wildman–Crippen LogP) is 2.28. The Morgan fingerprint density at radius 1 is 1.47 bits per heavy atom. The molecule has 0 unspecified atom stereocenters. The zero-order chi connectivity index (χ0) is 12.8. The van der Waals surface area contributed by atoms with Gasteiger partial charge < -0.3 is 14.8 Å². The Morgan fingerprint density at radius 2 is 2.12 bits per heavy atom. The van der Waals surface area contributed by atoms with Gasteiger partial charge in [0.1, 0.15) is 5.02 Å². The first kappa shape index (κ1) is 13.7. The molecule has 0 saturated heterocycles. The Labute approximate surface area is 104 Å². The molecule has 0 aromatic heterocycles. The van der Waals surface area contributed by atoms with Gasteiger partial charge in [-0.25, -0.2) is 0 Å². The van der Waals surface area contributed by atoms with Crippen molar-refractivity contribution in [3.05, 3.63) is 33.3 Å². The lowest BCUT2D eigenvalue weighted by Gasteiger charge is -2.14. The van der Waals surface area contributed by atoms with Gasteiger partial charge in [-0.2, -0.15) is 0 Å². The standard InChI is InChI=1S/C10H13ClN2O4/c1-16-10(17-2)6-12-7-3-4-8(11)9(5-7)13(14)15/h3-5,10,12H,6H2,1-2H3. The molecule has 1 N–H and O–H groups in total. The van der Waals surface area contributed by atoms with Crippen LogP contribution in [0.5, 0.6) is 0 Å². The summed E-state index contributed by atoms with van der Waals surface area (Å²) in [5.74, 6) is 0. The average molecular weight is 261 g/mol. The maximum Gasteiger partial charge on any atom is 0.289 e. The Bertz CT molecular complexity index is 396. The molecule has 0 atom stereocenters. The minimum atomic E-state index is -0.530. The highest BCUT2D eigenvalue weighted by Crippen LogP contribution is 2.27. The molecular formula is C10H13ClN2O4. The molecule has 7 heteroatoms. The van der Waals surface area contributed by atoms with E-state index in [-0.39, 0.29) is 10.7 Å². The van der Waals surface area contributed by atoms with Crippen molar-refractivity contribution in [2.45, 2.75) is 6.29 Å². The van der Waals surface area contributed by atoms with Crippen LogP contribution in [0.25, 0.3) is 0 Å². The highest BCUT2D eigenvalue weighted by Gasteiger charge is 2.13. The van der Waals surface area contributed by atoms with Crippen molar-refractivity contribution in [3.8, 4) is 0 Å². The van der Waals surface area contributed by atoms with Gasteiger partial charge in [-0.05, 0) is 12.1 Å². The quantitative estimate of drug-likeness (QED) is 0.483. The number of nitro benzene ring substituents is 1. The molecule has 0 heterocycles. The minimum Gasteiger partial charge on any atom is -0.380 e. The van der Waals surface area contributed by atoms with E-state index >= 15 is 0 Å². The van der Waals surface area contributed by atoms with E-state index in [1.54, 1.807) is 6.07 Å². The summed E-state index contributed by atoms with van der Waals surface area (Å²) >= 11 is 5.69. The van der Waals surface area contributed by atoms with Gasteiger partial charge in [-0.15, -0.1) is 0 Å². The van der Waals surface area contributed by atoms with Crippen LogP contribution in [0.15, 0.2) is 18.2 Å². The van der Waals surface area contributed by atoms with E-state index in [9.17, 15) is 10.1 Å². The number of hydrogen-bond acceptors (Lipinski definition) is 5. The van der Waals surface area contributed by atoms with Gasteiger partial charge in [0.05, 0.1) is 11.5 Å². The average Bonchev–Trinajstić information content (AvgIpc) is 2.32. The number of halogens is 1. The van der Waals surface area contributed by atoms with Crippen molar-refractivity contribution in [2.24, 2.45) is 0 Å². The number of ether oxygens (including phenoxy) is 2. The van der Waals surface area contributed by atoms with E-state index in [2.05, 4.69) is 5.32 Å². The summed E-state index contributed by atoms with van der Waals surface area (Å²) in [7, 11) is 3.03. The summed E-state index contributed by atoms with van der Waals surface area (Å²) < 4.78 is 9.96. The van der Waals surface area contributed by atoms with Gasteiger partial charge in [0.15, 0.2) is 6.29 Å². The lowest BCUT2D eigenvalue weighted by molar-refractivity contribution is -0.384. The monoisotopic (exact) mass is 260 g/mol. The molecule has 6 nitrogen and oxygen atoms in total. The van der Waals surface area contributed by atoms with Crippen LogP contribution in [-0.2, 0) is 9.47 Å². The summed E-state index contributed by atoms with van der Waals surface area (Å²) in [5.41, 5.74) is 0.447. The SMILES string of the molecule is COC(CNc1ccc(Cl)c([N+](=O)[O-])c1)OC. The maximum absolute atomic E-state index is 10.7. The molecule has 17 heavy (non-hydrogen) atoms. The van der Waals surface area contributed by atoms with Gasteiger partial charge >= 0.3 is 0 Å². The number of nitrogens with one attached hydrogen (secondary N) is 1. The van der Waals surface area contributed by atoms with Gasteiger partial charge in [0.25, 0.3) is 5.69 Å². The molecule has 0 fully saturated rings. The number of rotatable bonds is 6. The van der Waals surface area contributed by atoms with Gasteiger partial charge in [-0.1, -0.05) is 11.6 Å². The van der Waals surface area contributed by atoms with E-state index in [1.165, 1.54) is 26.4 Å². The first-order valence-electron chi connectivity index (χ1n) is 4.82. The van der Waals surface area contributed by atoms with Crippen molar-refractivity contribution < 1.29 is 14.4 Å². The highest BCUT2D eigenvalue weighted by molar-refractivity contribution is 6.32. The summed E-state index contributed by atoms with van der Waals surface area (Å²) in [6, 6.07) is 4.49. The number of methoxy groups -OCH3 is 2. The summed E-state index contributed by atoms with van der Waals surface area (Å²) in [6.07, 6.45) is -0.412. The van der Waals surface area contributed by atoms with Crippen LogP contribution in [0, 0.1) is 10.1 Å². The number of nitro groups is 1. The van der Waals surface area contributed by atoms with Gasteiger partial charge in [0.2, 0.25) is 0 Å². The van der Waals surface area contributed by atoms with Crippen LogP contribution < -0.4 is 5.32 Å². The number of benzene rings is 1. The second kappa shape index (κ2) is 6.39. The lowest BCUT2D eigenvalue weighted by atomic mass is 10.3. The van der Waals surface area contributed by atoms with E-state index < -0.39 is 11.2 Å². The summed E-state index contributed by atoms with van der Waals surface area (Å²) in [5, 5.41) is 13.7. The van der Waals surface area contributed by atoms with E-state index in [1.807, 2.05) is 0 Å². The largest absolute Gasteiger partial charge is 0.380 e. The second-order valence-corrected chi connectivity index (χ2v) is 3.61. The second-order valence-electron chi connectivity index (χ2n) is 3.21. The van der Waals surface area contributed by atoms with Crippen molar-refractivity contribution in [1.29, 1.82) is 0 Å². The minimum absolute atomic E-state index is 0.107. The Kier molecular flexibility index (Phi) is 5.14. The van der Waals surface area contributed by atoms with E-state index in [0.29, 0.717) is 12.2 Å². The molecule has 0 saturated carbocycles. The normalized spacial score (nSPS) is 10.6. The topological polar surface area (TPSA) is 73.6 Å². The molecule has 94 valence electrons. The first-order chi connectivity index (χ1) is 8.08. The van der Waals surface area contributed by atoms with Crippen molar-refractivity contribution in [3.63, 3.8) is 0 Å². The van der Waals surface area contributed by atoms with Crippen molar-refractivity contribution in [1.82, 2.24) is 0 Å². The van der Waals surface area contributed by atoms with Crippen LogP contribution in [0.3, 0.4) is 0 Å². The summed E-state index contributed by atoms with van der Waals surface area (Å²) in [6.45, 7) is 0.381. The fourth-order valence-electron chi connectivity index (χ4n) is 1.23. The number of hydrogen-bond donors (Lipinski definition) is 1. The van der Waals surface area contributed by atoms with Crippen LogP contribution in [0.2, 0.25) is 5.02 Å². The molecule has 0 aliphatic carbocycles. The van der Waals surface area contributed by atoms with Crippen molar-refractivity contribution in [2.75, 3.05) is 26.1 Å². The Morgan fingerprint density at radius 3 is 2.65 bits per heavy atom. The summed E-state index contributed by atoms with van der Waals surface area (Å²) in [4.78, 5) is 10.1. The van der Waals surface area contributed by atoms with Gasteiger partial charge in [-0.3, -0.25) is 10.1 Å². The zero-order valence-electron chi connectivity index (χ0n) is 9.47. The smallest absolute Gasteiger partial charge is 0.289 e. The third-order valence-corrected chi connectivity index (χ3v) is 2.46. The van der Waals surface area contributed by atoms with Crippen molar-refractivity contribution >= 4 is 23.0 Å². The number of nitrogens with zero attached hydrogens (tertiary/aromatic N) is 1. The fraction of sp³-hybridized carbons (Fsp3) is 0.400. The maximum atomic E-state index is 10.7. The number of anilines is 1. The van der Waals surface area contributed by atoms with Crippen LogP contribution in [-0.4, -0.2) is 32.0 Å². The van der Waals surface area contributed by atoms with Crippen LogP contribution in [0.4, 0.5) is 11.4 Å². The van der Waals surface area contributed by atoms with E-state index in [0.717, 1.165) is 0 Å². The molecule has 0 radical (unpaired) electrons. The lowest BCUT2D eigenvalue weighted by Crippen LogP contribution is -2.23. The van der Waals surface area contributed by atoms with Crippen LogP contribution >= 0.6 is 11.6 Å². The Balaban J connectivity index is 2.72. The molecule has 1 aromatic rings. The highest BCUT2D eigenvalue weighted by atomic mass is 35.5. The van der Waals surface area contributed by atoms with E-state index in [4.69, 9.17) is 21.1 Å². The van der Waals surface area contributed by atoms with Crippen LogP contribution in [0.1, 0.15) is 0 Å². The molecule has 0 bridgehead atoms. The zero-order valence-corrected chi connectivity index (χ0v) is 10.2. The predicted molar refractivity (Wildman–Crippen MR) is 64.4 cm³/mol. The molecule has 0 aliphatic heterocycles. The molecular weight excluding hydrogens is 248 g/mol. The molecule has 1 aromatic carbocycles. The molecule has 1 rings (SSSR count). The first-order valence-corrected chi connectivity index (χ1v) is 5.19. The molecule has 0 spiro atoms. The third kappa shape index (κ3) is 3.85. The molecule has 0 amide bonds.